The standard InChI is InChI=1S/C77H77BN2S/c1-16-77(14,15)52-33-37-66-64(46-52)78-70-67(79(71-63-45-51(74(5,6)7)34-38-69(63)81-72(71)78)55-24-21-23-47(41-55)49-39-53(75(8,9)10)43-54(40-49)76(11,12)13)29-22-30-68(70)80(66)65-36-32-50(73(2,3)4)44-61(65)48-31-35-60-58-27-18-17-25-56(58)57-26-19-20-28-59(57)62(60)42-48/h17-46H,16H2,1-15H3. The normalized spacial score (nSPS) is 13.8. The molecule has 13 rings (SSSR count). The Bertz CT molecular complexity index is 4300. The third-order valence-electron chi connectivity index (χ3n) is 18.4. The lowest BCUT2D eigenvalue weighted by Gasteiger charge is -2.44. The number of benzene rings is 10. The van der Waals surface area contributed by atoms with Crippen molar-refractivity contribution in [2.75, 3.05) is 9.80 Å². The van der Waals surface area contributed by atoms with E-state index in [1.807, 2.05) is 11.3 Å². The Morgan fingerprint density at radius 2 is 0.914 bits per heavy atom. The summed E-state index contributed by atoms with van der Waals surface area (Å²) in [6, 6.07) is 71.3. The zero-order chi connectivity index (χ0) is 56.9. The Morgan fingerprint density at radius 3 is 1.53 bits per heavy atom. The van der Waals surface area contributed by atoms with E-state index in [0.29, 0.717) is 0 Å². The first kappa shape index (κ1) is 52.9. The molecule has 81 heavy (non-hydrogen) atoms. The fourth-order valence-electron chi connectivity index (χ4n) is 13.0. The summed E-state index contributed by atoms with van der Waals surface area (Å²) in [4.78, 5) is 5.30. The van der Waals surface area contributed by atoms with E-state index in [-0.39, 0.29) is 33.8 Å². The van der Waals surface area contributed by atoms with Crippen LogP contribution >= 0.6 is 11.3 Å². The quantitative estimate of drug-likeness (QED) is 0.121. The number of fused-ring (bicyclic) bond motifs is 12. The highest BCUT2D eigenvalue weighted by atomic mass is 32.1. The predicted molar refractivity (Wildman–Crippen MR) is 357 cm³/mol. The number of anilines is 6. The summed E-state index contributed by atoms with van der Waals surface area (Å²) < 4.78 is 2.72. The zero-order valence-corrected chi connectivity index (χ0v) is 51.2. The second-order valence-corrected chi connectivity index (χ2v) is 29.4. The van der Waals surface area contributed by atoms with Gasteiger partial charge in [-0.3, -0.25) is 0 Å². The molecule has 404 valence electrons. The third kappa shape index (κ3) is 8.73. The van der Waals surface area contributed by atoms with E-state index in [4.69, 9.17) is 0 Å². The minimum Gasteiger partial charge on any atom is -0.311 e. The van der Waals surface area contributed by atoms with E-state index >= 15 is 0 Å². The highest BCUT2D eigenvalue weighted by Crippen LogP contribution is 2.52. The summed E-state index contributed by atoms with van der Waals surface area (Å²) in [7, 11) is 0. The molecule has 0 bridgehead atoms. The Kier molecular flexibility index (Phi) is 12.1. The summed E-state index contributed by atoms with van der Waals surface area (Å²) >= 11 is 1.99. The molecule has 2 aliphatic heterocycles. The van der Waals surface area contributed by atoms with Gasteiger partial charge in [0.2, 0.25) is 0 Å². The van der Waals surface area contributed by atoms with Crippen molar-refractivity contribution in [2.24, 2.45) is 0 Å². The molecule has 0 saturated carbocycles. The molecule has 0 unspecified atom stereocenters. The average Bonchev–Trinajstić information content (AvgIpc) is 3.67. The highest BCUT2D eigenvalue weighted by molar-refractivity contribution is 7.33. The lowest BCUT2D eigenvalue weighted by atomic mass is 9.36. The van der Waals surface area contributed by atoms with Crippen molar-refractivity contribution in [1.82, 2.24) is 0 Å². The molecule has 0 N–H and O–H groups in total. The molecule has 4 heteroatoms. The first-order valence-corrected chi connectivity index (χ1v) is 30.4. The fraction of sp³-hybridized carbons (Fsp3) is 0.273. The van der Waals surface area contributed by atoms with Crippen molar-refractivity contribution in [2.45, 2.75) is 137 Å². The number of hydrogen-bond donors (Lipinski definition) is 0. The molecule has 3 heterocycles. The Morgan fingerprint density at radius 1 is 0.370 bits per heavy atom. The minimum absolute atomic E-state index is 0.00426. The van der Waals surface area contributed by atoms with Crippen LogP contribution in [-0.2, 0) is 27.1 Å². The van der Waals surface area contributed by atoms with Gasteiger partial charge in [-0.2, -0.15) is 0 Å². The summed E-state index contributed by atoms with van der Waals surface area (Å²) in [5.74, 6) is 0. The second kappa shape index (κ2) is 18.6. The largest absolute Gasteiger partial charge is 0.311 e. The summed E-state index contributed by atoms with van der Waals surface area (Å²) in [6.07, 6.45) is 1.04. The van der Waals surface area contributed by atoms with Gasteiger partial charge < -0.3 is 9.80 Å². The van der Waals surface area contributed by atoms with Gasteiger partial charge in [0.25, 0.3) is 6.71 Å². The molecule has 0 aliphatic carbocycles. The van der Waals surface area contributed by atoms with Crippen molar-refractivity contribution >= 4 is 110 Å². The zero-order valence-electron chi connectivity index (χ0n) is 50.4. The van der Waals surface area contributed by atoms with Crippen LogP contribution in [0.4, 0.5) is 34.1 Å². The maximum atomic E-state index is 2.66. The molecular formula is C77H77BN2S. The Labute approximate surface area is 486 Å². The topological polar surface area (TPSA) is 6.48 Å². The molecule has 0 saturated heterocycles. The van der Waals surface area contributed by atoms with Crippen molar-refractivity contribution < 1.29 is 0 Å². The van der Waals surface area contributed by atoms with Crippen LogP contribution in [0.2, 0.25) is 0 Å². The fourth-order valence-corrected chi connectivity index (χ4v) is 14.3. The monoisotopic (exact) mass is 1070 g/mol. The number of rotatable bonds is 6. The van der Waals surface area contributed by atoms with E-state index in [0.717, 1.165) is 6.42 Å². The van der Waals surface area contributed by atoms with E-state index < -0.39 is 0 Å². The van der Waals surface area contributed by atoms with Crippen molar-refractivity contribution in [3.8, 4) is 22.3 Å². The molecule has 0 radical (unpaired) electrons. The van der Waals surface area contributed by atoms with Crippen LogP contribution < -0.4 is 25.5 Å². The van der Waals surface area contributed by atoms with Crippen LogP contribution in [0.15, 0.2) is 182 Å². The molecule has 2 nitrogen and oxygen atoms in total. The first-order valence-electron chi connectivity index (χ1n) is 29.6. The van der Waals surface area contributed by atoms with Gasteiger partial charge in [0.05, 0.1) is 11.4 Å². The van der Waals surface area contributed by atoms with Crippen LogP contribution in [0, 0.1) is 0 Å². The highest BCUT2D eigenvalue weighted by Gasteiger charge is 2.46. The van der Waals surface area contributed by atoms with Gasteiger partial charge >= 0.3 is 0 Å². The number of nitrogens with zero attached hydrogens (tertiary/aromatic N) is 2. The molecule has 0 amide bonds. The number of thiophene rings is 1. The number of hydrogen-bond acceptors (Lipinski definition) is 3. The third-order valence-corrected chi connectivity index (χ3v) is 19.6. The molecule has 0 atom stereocenters. The van der Waals surface area contributed by atoms with E-state index in [9.17, 15) is 0 Å². The van der Waals surface area contributed by atoms with E-state index in [2.05, 4.69) is 296 Å². The molecular weight excluding hydrogens is 996 g/mol. The predicted octanol–water partition coefficient (Wildman–Crippen LogP) is 20.7. The molecule has 10 aromatic carbocycles. The van der Waals surface area contributed by atoms with E-state index in [1.165, 1.54) is 142 Å². The molecule has 11 aromatic rings. The SMILES string of the molecule is CCC(C)(C)c1ccc2c(c1)B1c3sc4ccc(C(C)(C)C)cc4c3N(c3cccc(-c4cc(C(C)(C)C)cc(C(C)(C)C)c4)c3)c3cccc(c31)N2c1ccc(C(C)(C)C)cc1-c1ccc2c3ccccc3c3ccccc3c2c1. The van der Waals surface area contributed by atoms with E-state index in [1.54, 1.807) is 0 Å². The Hall–Kier alpha value is -7.40. The molecule has 1 aromatic heterocycles. The van der Waals surface area contributed by atoms with Crippen LogP contribution in [0.3, 0.4) is 0 Å². The second-order valence-electron chi connectivity index (χ2n) is 28.3. The summed E-state index contributed by atoms with van der Waals surface area (Å²) in [5.41, 5.74) is 21.6. The van der Waals surface area contributed by atoms with Gasteiger partial charge in [0.15, 0.2) is 0 Å². The van der Waals surface area contributed by atoms with Gasteiger partial charge in [0.1, 0.15) is 0 Å². The van der Waals surface area contributed by atoms with Gasteiger partial charge in [0, 0.05) is 43.2 Å². The van der Waals surface area contributed by atoms with Crippen LogP contribution in [-0.4, -0.2) is 6.71 Å². The van der Waals surface area contributed by atoms with Crippen LogP contribution in [0.25, 0.3) is 64.7 Å². The van der Waals surface area contributed by atoms with Crippen LogP contribution in [0.5, 0.6) is 0 Å². The van der Waals surface area contributed by atoms with Gasteiger partial charge in [-0.1, -0.05) is 225 Å². The minimum atomic E-state index is -0.0771. The van der Waals surface area contributed by atoms with Gasteiger partial charge in [-0.15, -0.1) is 11.3 Å². The lowest BCUT2D eigenvalue weighted by Crippen LogP contribution is -2.60. The lowest BCUT2D eigenvalue weighted by molar-refractivity contribution is 0.506. The van der Waals surface area contributed by atoms with Crippen molar-refractivity contribution in [3.05, 3.63) is 210 Å². The average molecular weight is 1070 g/mol. The molecule has 2 aliphatic rings. The van der Waals surface area contributed by atoms with Crippen molar-refractivity contribution in [3.63, 3.8) is 0 Å². The summed E-state index contributed by atoms with van der Waals surface area (Å²) in [6.45, 7) is 35.3. The van der Waals surface area contributed by atoms with Crippen molar-refractivity contribution in [1.29, 1.82) is 0 Å². The smallest absolute Gasteiger partial charge is 0.264 e. The molecule has 0 spiro atoms. The van der Waals surface area contributed by atoms with Gasteiger partial charge in [-0.25, -0.2) is 0 Å². The summed E-state index contributed by atoms with van der Waals surface area (Å²) in [5, 5.41) is 9.04. The van der Waals surface area contributed by atoms with Gasteiger partial charge in [-0.05, 0) is 182 Å². The maximum absolute atomic E-state index is 2.66. The maximum Gasteiger partial charge on any atom is 0.264 e. The van der Waals surface area contributed by atoms with Crippen LogP contribution in [0.1, 0.15) is 138 Å². The molecule has 0 fully saturated rings. The first-order chi connectivity index (χ1) is 38.4. The Balaban J connectivity index is 1.10.